The number of benzene rings is 1. The highest BCUT2D eigenvalue weighted by Crippen LogP contribution is 2.88. The monoisotopic (exact) mass is 836 g/mol. The van der Waals surface area contributed by atoms with E-state index in [4.69, 9.17) is 15.2 Å². The molecular weight excluding hydrogens is 767 g/mol. The average molecular weight is 836 g/mol. The van der Waals surface area contributed by atoms with E-state index in [1.165, 1.54) is 89.3 Å². The van der Waals surface area contributed by atoms with E-state index in [-0.39, 0.29) is 29.7 Å². The Morgan fingerprint density at radius 2 is 1.79 bits per heavy atom. The van der Waals surface area contributed by atoms with Gasteiger partial charge in [-0.1, -0.05) is 87.4 Å². The smallest absolute Gasteiger partial charge is 0.339 e. The summed E-state index contributed by atoms with van der Waals surface area (Å²) in [5, 5.41) is 0. The van der Waals surface area contributed by atoms with Gasteiger partial charge in [-0.05, 0) is 155 Å². The van der Waals surface area contributed by atoms with Gasteiger partial charge in [0.2, 0.25) is 0 Å². The summed E-state index contributed by atoms with van der Waals surface area (Å²) in [4.78, 5) is 37.2. The third-order valence-corrected chi connectivity index (χ3v) is 21.2. The number of piperidine rings is 3. The number of rotatable bonds is 5. The lowest BCUT2D eigenvalue weighted by atomic mass is 9.27. The minimum Gasteiger partial charge on any atom is -0.449 e. The molecule has 1 aromatic rings. The molecule has 7 nitrogen and oxygen atoms in total. The Morgan fingerprint density at radius 3 is 2.66 bits per heavy atom. The van der Waals surface area contributed by atoms with Crippen molar-refractivity contribution < 1.29 is 19.1 Å². The van der Waals surface area contributed by atoms with E-state index in [2.05, 4.69) is 60.1 Å². The Morgan fingerprint density at radius 1 is 0.919 bits per heavy atom. The van der Waals surface area contributed by atoms with Gasteiger partial charge in [0.1, 0.15) is 11.2 Å². The molecule has 0 radical (unpaired) electrons. The standard InChI is InChI=1S/C55H69N3O4/c1-30-13-14-35-26-40-31(2)23-36-16-18-43-37-25-38-29-58(43)50(36)48(40)39-19-20-53-46(27-34-15-17-42(38)57(28-37)44(34)24-32-8-4-3-5-9-32)61-52(60)54(53,49(35)39)45(22-30)55(53)41-12-6-10-33(11-7-21-56)47(41)51(59)62-55/h6,10,12-14,27,30-32,34-35,37-38,40,42-45,48H,3-5,7-9,11,15-26,28-29,56H2,1-2H3/b14-13-,46-27-/t30-,31-,34+,35-,37+,38+,40+,42-,43+,44+,45+,48+,53-,54-,55-/m1/s1. The zero-order chi connectivity index (χ0) is 41.4. The third-order valence-electron chi connectivity index (χ3n) is 21.2. The van der Waals surface area contributed by atoms with Gasteiger partial charge in [-0.15, -0.1) is 0 Å². The molecule has 62 heavy (non-hydrogen) atoms. The van der Waals surface area contributed by atoms with Gasteiger partial charge in [-0.25, -0.2) is 4.79 Å². The number of hydrogen-bond donors (Lipinski definition) is 1. The van der Waals surface area contributed by atoms with Crippen molar-refractivity contribution in [3.63, 3.8) is 0 Å². The minimum absolute atomic E-state index is 0.0208. The molecule has 7 aliphatic heterocycles. The van der Waals surface area contributed by atoms with Crippen molar-refractivity contribution in [2.45, 2.75) is 153 Å². The molecule has 6 fully saturated rings. The topological polar surface area (TPSA) is 85.1 Å². The first-order valence-corrected chi connectivity index (χ1v) is 25.9. The Labute approximate surface area is 369 Å². The maximum Gasteiger partial charge on any atom is 0.339 e. The molecule has 13 aliphatic rings. The van der Waals surface area contributed by atoms with Crippen molar-refractivity contribution in [2.75, 3.05) is 19.6 Å². The number of ether oxygens (including phenoxy) is 2. The predicted octanol–water partition coefficient (Wildman–Crippen LogP) is 9.77. The van der Waals surface area contributed by atoms with E-state index in [1.54, 1.807) is 16.8 Å². The summed E-state index contributed by atoms with van der Waals surface area (Å²) in [5.41, 5.74) is 12.9. The van der Waals surface area contributed by atoms with Crippen LogP contribution in [0.2, 0.25) is 0 Å². The van der Waals surface area contributed by atoms with Crippen molar-refractivity contribution in [1.82, 2.24) is 9.80 Å². The molecule has 0 amide bonds. The highest BCUT2D eigenvalue weighted by molar-refractivity contribution is 6.00. The minimum atomic E-state index is -0.957. The van der Waals surface area contributed by atoms with Crippen LogP contribution in [0.1, 0.15) is 144 Å². The summed E-state index contributed by atoms with van der Waals surface area (Å²) in [6, 6.07) is 8.23. The predicted molar refractivity (Wildman–Crippen MR) is 238 cm³/mol. The van der Waals surface area contributed by atoms with Crippen LogP contribution in [-0.4, -0.2) is 59.5 Å². The molecule has 3 spiro atoms. The second-order valence-electron chi connectivity index (χ2n) is 23.6. The van der Waals surface area contributed by atoms with Crippen LogP contribution in [0.25, 0.3) is 0 Å². The molecule has 7 bridgehead atoms. The summed E-state index contributed by atoms with van der Waals surface area (Å²) in [6.07, 6.45) is 28.5. The van der Waals surface area contributed by atoms with Crippen molar-refractivity contribution >= 4 is 11.9 Å². The fourth-order valence-corrected chi connectivity index (χ4v) is 19.3. The van der Waals surface area contributed by atoms with Crippen LogP contribution in [0.3, 0.4) is 0 Å². The molecule has 7 heterocycles. The fourth-order valence-electron chi connectivity index (χ4n) is 19.3. The van der Waals surface area contributed by atoms with Gasteiger partial charge in [0.25, 0.3) is 0 Å². The molecule has 2 saturated carbocycles. The Hall–Kier alpha value is -3.16. The van der Waals surface area contributed by atoms with Crippen LogP contribution in [0.5, 0.6) is 0 Å². The summed E-state index contributed by atoms with van der Waals surface area (Å²) in [6.45, 7) is 7.95. The van der Waals surface area contributed by atoms with E-state index in [0.29, 0.717) is 48.3 Å². The molecule has 1 aromatic carbocycles. The van der Waals surface area contributed by atoms with Gasteiger partial charge >= 0.3 is 11.9 Å². The number of allylic oxidation sites excluding steroid dienone is 4. The maximum atomic E-state index is 16.1. The zero-order valence-corrected chi connectivity index (χ0v) is 37.4. The summed E-state index contributed by atoms with van der Waals surface area (Å²) < 4.78 is 14.6. The number of nitrogens with two attached hydrogens (primary N) is 1. The lowest BCUT2D eigenvalue weighted by Gasteiger charge is -2.73. The number of carbonyl (C=O) groups excluding carboxylic acids is 2. The van der Waals surface area contributed by atoms with Gasteiger partial charge in [0, 0.05) is 54.3 Å². The quantitative estimate of drug-likeness (QED) is 0.234. The zero-order valence-electron chi connectivity index (χ0n) is 37.4. The summed E-state index contributed by atoms with van der Waals surface area (Å²) in [5.74, 6) is 4.98. The second kappa shape index (κ2) is 13.2. The van der Waals surface area contributed by atoms with E-state index < -0.39 is 16.4 Å². The average Bonchev–Trinajstić information content (AvgIpc) is 3.72. The number of esters is 2. The van der Waals surface area contributed by atoms with Gasteiger partial charge in [0.15, 0.2) is 5.60 Å². The Balaban J connectivity index is 1.06. The van der Waals surface area contributed by atoms with Crippen molar-refractivity contribution in [1.29, 1.82) is 0 Å². The molecule has 0 unspecified atom stereocenters. The van der Waals surface area contributed by atoms with Crippen LogP contribution < -0.4 is 5.73 Å². The largest absolute Gasteiger partial charge is 0.449 e. The van der Waals surface area contributed by atoms with Gasteiger partial charge < -0.3 is 20.1 Å². The van der Waals surface area contributed by atoms with Crippen LogP contribution in [-0.2, 0) is 26.3 Å². The number of aryl methyl sites for hydroxylation is 1. The molecule has 4 saturated heterocycles. The second-order valence-corrected chi connectivity index (χ2v) is 23.6. The molecule has 2 N–H and O–H groups in total. The third kappa shape index (κ3) is 4.48. The van der Waals surface area contributed by atoms with Crippen LogP contribution in [0, 0.1) is 70.0 Å². The number of nitrogens with zero attached hydrogens (tertiary/aromatic N) is 2. The molecule has 0 aromatic heterocycles. The van der Waals surface area contributed by atoms with Crippen molar-refractivity contribution in [3.8, 4) is 0 Å². The van der Waals surface area contributed by atoms with Gasteiger partial charge in [-0.2, -0.15) is 0 Å². The van der Waals surface area contributed by atoms with Gasteiger partial charge in [0.05, 0.1) is 11.0 Å². The first-order valence-electron chi connectivity index (χ1n) is 25.9. The summed E-state index contributed by atoms with van der Waals surface area (Å²) >= 11 is 0. The number of hydrogen-bond acceptors (Lipinski definition) is 7. The maximum absolute atomic E-state index is 16.1. The molecule has 6 aliphatic carbocycles. The SMILES string of the molecule is C[C@@H]1/C=C\[C@@H]2C[C@@H]3[C@@H]4C5=C2[C@]26C(=O)O/C(=C\[C@@H]7CC[C@@H]8[C@H]9C[C@@H](CN8[C@H]7CC7CCCCC7)[C@@H]7CCC(=C4N7C9)C[C@H]3C)[C@@]2(CC5)[C@]2(OC(=O)c3c(CCCN)cccc32)[C@H]6C1. The van der Waals surface area contributed by atoms with E-state index in [9.17, 15) is 4.79 Å². The number of fused-ring (bicyclic) bond motifs is 8. The highest BCUT2D eigenvalue weighted by Gasteiger charge is 2.93. The molecule has 14 rings (SSSR count). The normalized spacial score (nSPS) is 48.0. The lowest BCUT2D eigenvalue weighted by Crippen LogP contribution is -2.78. The molecule has 328 valence electrons. The molecule has 15 atom stereocenters. The lowest BCUT2D eigenvalue weighted by molar-refractivity contribution is -0.280. The Kier molecular flexibility index (Phi) is 8.14. The fraction of sp³-hybridized carbons (Fsp3) is 0.709. The van der Waals surface area contributed by atoms with E-state index in [1.807, 2.05) is 0 Å². The molecular formula is C55H69N3O4. The first-order chi connectivity index (χ1) is 30.3. The van der Waals surface area contributed by atoms with E-state index >= 15 is 4.79 Å². The van der Waals surface area contributed by atoms with Gasteiger partial charge in [-0.3, -0.25) is 9.69 Å². The van der Waals surface area contributed by atoms with Crippen LogP contribution in [0.4, 0.5) is 0 Å². The Bertz CT molecular complexity index is 2280. The highest BCUT2D eigenvalue weighted by atomic mass is 16.6. The number of carbonyl (C=O) groups is 2. The summed E-state index contributed by atoms with van der Waals surface area (Å²) in [7, 11) is 0. The molecule has 7 heteroatoms. The van der Waals surface area contributed by atoms with Crippen LogP contribution in [0.15, 0.2) is 64.6 Å². The van der Waals surface area contributed by atoms with Crippen molar-refractivity contribution in [3.05, 3.63) is 81.3 Å². The van der Waals surface area contributed by atoms with Crippen LogP contribution >= 0.6 is 0 Å². The van der Waals surface area contributed by atoms with Crippen molar-refractivity contribution in [2.24, 2.45) is 75.7 Å². The van der Waals surface area contributed by atoms with E-state index in [0.717, 1.165) is 85.1 Å². The first kappa shape index (κ1) is 38.1.